The summed E-state index contributed by atoms with van der Waals surface area (Å²) in [6.07, 6.45) is 5.72. The largest absolute Gasteiger partial charge is 0.340 e. The van der Waals surface area contributed by atoms with E-state index in [0.717, 1.165) is 24.7 Å². The maximum atomic E-state index is 8.95. The van der Waals surface area contributed by atoms with Gasteiger partial charge in [-0.3, -0.25) is 0 Å². The van der Waals surface area contributed by atoms with Gasteiger partial charge in [-0.1, -0.05) is 43.7 Å². The molecule has 3 rings (SSSR count). The summed E-state index contributed by atoms with van der Waals surface area (Å²) in [5.74, 6) is 0. The highest BCUT2D eigenvalue weighted by Gasteiger charge is 2.10. The van der Waals surface area contributed by atoms with Crippen LogP contribution in [0, 0.1) is 22.7 Å². The first-order valence-electron chi connectivity index (χ1n) is 7.82. The SMILES string of the molecule is CCCCn1/c(=C/C=C(C#N)C#N)c2cccc3cccc1c32. The van der Waals surface area contributed by atoms with Crippen molar-refractivity contribution in [2.75, 3.05) is 0 Å². The lowest BCUT2D eigenvalue weighted by molar-refractivity contribution is 0.640. The summed E-state index contributed by atoms with van der Waals surface area (Å²) < 4.78 is 2.30. The van der Waals surface area contributed by atoms with Gasteiger partial charge in [0, 0.05) is 28.2 Å². The van der Waals surface area contributed by atoms with Crippen LogP contribution in [0.2, 0.25) is 0 Å². The fourth-order valence-corrected chi connectivity index (χ4v) is 3.03. The first-order valence-corrected chi connectivity index (χ1v) is 7.82. The van der Waals surface area contributed by atoms with Gasteiger partial charge in [-0.2, -0.15) is 10.5 Å². The Kier molecular flexibility index (Phi) is 4.13. The highest BCUT2D eigenvalue weighted by Crippen LogP contribution is 2.25. The molecule has 0 radical (unpaired) electrons. The third kappa shape index (κ3) is 2.58. The molecule has 112 valence electrons. The minimum Gasteiger partial charge on any atom is -0.340 e. The Balaban J connectivity index is 2.37. The molecule has 2 aromatic carbocycles. The number of aryl methyl sites for hydroxylation is 1. The van der Waals surface area contributed by atoms with E-state index < -0.39 is 0 Å². The molecule has 1 aromatic heterocycles. The molecule has 3 nitrogen and oxygen atoms in total. The lowest BCUT2D eigenvalue weighted by Crippen LogP contribution is -2.16. The number of nitriles is 2. The molecule has 0 aliphatic rings. The number of benzene rings is 2. The Morgan fingerprint density at radius 1 is 1.13 bits per heavy atom. The average Bonchev–Trinajstić information content (AvgIpc) is 2.89. The molecule has 0 aliphatic carbocycles. The van der Waals surface area contributed by atoms with Crippen LogP contribution in [0.5, 0.6) is 0 Å². The van der Waals surface area contributed by atoms with Gasteiger partial charge in [0.2, 0.25) is 0 Å². The van der Waals surface area contributed by atoms with Gasteiger partial charge in [0.25, 0.3) is 0 Å². The van der Waals surface area contributed by atoms with Gasteiger partial charge in [-0.25, -0.2) is 0 Å². The van der Waals surface area contributed by atoms with E-state index in [-0.39, 0.29) is 5.57 Å². The smallest absolute Gasteiger partial charge is 0.129 e. The minimum absolute atomic E-state index is 0.121. The molecule has 0 unspecified atom stereocenters. The van der Waals surface area contributed by atoms with Crippen LogP contribution < -0.4 is 5.35 Å². The lowest BCUT2D eigenvalue weighted by Gasteiger charge is -2.05. The van der Waals surface area contributed by atoms with E-state index in [1.165, 1.54) is 21.7 Å². The maximum absolute atomic E-state index is 8.95. The molecule has 0 amide bonds. The van der Waals surface area contributed by atoms with Crippen molar-refractivity contribution in [2.24, 2.45) is 0 Å². The van der Waals surface area contributed by atoms with E-state index in [1.54, 1.807) is 6.08 Å². The second-order valence-corrected chi connectivity index (χ2v) is 5.54. The van der Waals surface area contributed by atoms with Crippen LogP contribution in [0.1, 0.15) is 19.8 Å². The Morgan fingerprint density at radius 2 is 1.87 bits per heavy atom. The van der Waals surface area contributed by atoms with E-state index in [4.69, 9.17) is 10.5 Å². The molecule has 0 atom stereocenters. The Bertz CT molecular complexity index is 1000. The van der Waals surface area contributed by atoms with E-state index in [0.29, 0.717) is 0 Å². The van der Waals surface area contributed by atoms with Crippen LogP contribution >= 0.6 is 0 Å². The van der Waals surface area contributed by atoms with Gasteiger partial charge in [0.05, 0.1) is 0 Å². The van der Waals surface area contributed by atoms with Gasteiger partial charge < -0.3 is 4.57 Å². The normalized spacial score (nSPS) is 11.5. The molecule has 1 heterocycles. The first kappa shape index (κ1) is 14.9. The molecular formula is C20H17N3. The fourth-order valence-electron chi connectivity index (χ4n) is 3.03. The topological polar surface area (TPSA) is 52.5 Å². The number of unbranched alkanes of at least 4 members (excludes halogenated alkanes) is 1. The molecule has 0 spiro atoms. The summed E-state index contributed by atoms with van der Waals surface area (Å²) in [4.78, 5) is 0. The summed E-state index contributed by atoms with van der Waals surface area (Å²) in [5, 5.41) is 22.6. The van der Waals surface area contributed by atoms with Crippen LogP contribution in [0.4, 0.5) is 0 Å². The zero-order chi connectivity index (χ0) is 16.2. The van der Waals surface area contributed by atoms with Crippen molar-refractivity contribution < 1.29 is 0 Å². The van der Waals surface area contributed by atoms with E-state index in [1.807, 2.05) is 18.2 Å². The van der Waals surface area contributed by atoms with Gasteiger partial charge in [-0.15, -0.1) is 0 Å². The highest BCUT2D eigenvalue weighted by molar-refractivity contribution is 6.10. The Morgan fingerprint density at radius 3 is 2.57 bits per heavy atom. The third-order valence-corrected chi connectivity index (χ3v) is 4.12. The second-order valence-electron chi connectivity index (χ2n) is 5.54. The van der Waals surface area contributed by atoms with E-state index >= 15 is 0 Å². The van der Waals surface area contributed by atoms with Gasteiger partial charge in [0.15, 0.2) is 0 Å². The van der Waals surface area contributed by atoms with Crippen molar-refractivity contribution in [3.63, 3.8) is 0 Å². The van der Waals surface area contributed by atoms with Crippen molar-refractivity contribution in [1.29, 1.82) is 10.5 Å². The van der Waals surface area contributed by atoms with Crippen molar-refractivity contribution in [3.8, 4) is 12.1 Å². The standard InChI is InChI=1S/C20H17N3/c1-2-3-12-23-18(11-10-15(13-21)14-22)17-8-4-6-16-7-5-9-19(23)20(16)17/h4-11H,2-3,12H2,1H3/b18-11+. The average molecular weight is 299 g/mol. The number of rotatable bonds is 4. The molecule has 0 fully saturated rings. The van der Waals surface area contributed by atoms with Crippen LogP contribution in [0.25, 0.3) is 27.8 Å². The second kappa shape index (κ2) is 6.38. The summed E-state index contributed by atoms with van der Waals surface area (Å²) >= 11 is 0. The van der Waals surface area contributed by atoms with Crippen LogP contribution in [0.3, 0.4) is 0 Å². The number of hydrogen-bond donors (Lipinski definition) is 0. The number of nitrogens with zero attached hydrogens (tertiary/aromatic N) is 3. The first-order chi connectivity index (χ1) is 11.3. The van der Waals surface area contributed by atoms with E-state index in [2.05, 4.69) is 47.9 Å². The highest BCUT2D eigenvalue weighted by atomic mass is 15.0. The van der Waals surface area contributed by atoms with Crippen LogP contribution in [-0.4, -0.2) is 4.57 Å². The predicted octanol–water partition coefficient (Wildman–Crippen LogP) is 4.07. The van der Waals surface area contributed by atoms with Gasteiger partial charge in [0.1, 0.15) is 17.7 Å². The zero-order valence-electron chi connectivity index (χ0n) is 13.1. The molecule has 0 aliphatic heterocycles. The molecule has 23 heavy (non-hydrogen) atoms. The summed E-state index contributed by atoms with van der Waals surface area (Å²) in [5.41, 5.74) is 1.33. The molecule has 0 bridgehead atoms. The minimum atomic E-state index is 0.121. The summed E-state index contributed by atoms with van der Waals surface area (Å²) in [7, 11) is 0. The number of aromatic nitrogens is 1. The predicted molar refractivity (Wildman–Crippen MR) is 93.3 cm³/mol. The lowest BCUT2D eigenvalue weighted by atomic mass is 10.1. The molecule has 3 heteroatoms. The zero-order valence-corrected chi connectivity index (χ0v) is 13.1. The molecule has 3 aromatic rings. The Hall–Kier alpha value is -3.04. The van der Waals surface area contributed by atoms with Crippen LogP contribution in [-0.2, 0) is 6.54 Å². The maximum Gasteiger partial charge on any atom is 0.129 e. The monoisotopic (exact) mass is 299 g/mol. The van der Waals surface area contributed by atoms with Crippen molar-refractivity contribution >= 4 is 27.8 Å². The van der Waals surface area contributed by atoms with Crippen molar-refractivity contribution in [1.82, 2.24) is 4.57 Å². The molecule has 0 saturated heterocycles. The quantitative estimate of drug-likeness (QED) is 0.682. The summed E-state index contributed by atoms with van der Waals surface area (Å²) in [6, 6.07) is 16.5. The summed E-state index contributed by atoms with van der Waals surface area (Å²) in [6.45, 7) is 3.11. The molecule has 0 saturated carbocycles. The van der Waals surface area contributed by atoms with Gasteiger partial charge >= 0.3 is 0 Å². The van der Waals surface area contributed by atoms with Gasteiger partial charge in [-0.05, 0) is 30.0 Å². The number of hydrogen-bond acceptors (Lipinski definition) is 2. The Labute approximate surface area is 135 Å². The fraction of sp³-hybridized carbons (Fsp3) is 0.200. The molecule has 0 N–H and O–H groups in total. The third-order valence-electron chi connectivity index (χ3n) is 4.12. The van der Waals surface area contributed by atoms with Crippen LogP contribution in [0.15, 0.2) is 48.0 Å². The van der Waals surface area contributed by atoms with Crippen molar-refractivity contribution in [2.45, 2.75) is 26.3 Å². The van der Waals surface area contributed by atoms with Crippen molar-refractivity contribution in [3.05, 3.63) is 53.4 Å². The van der Waals surface area contributed by atoms with E-state index in [9.17, 15) is 0 Å². The molecular weight excluding hydrogens is 282 g/mol. The number of allylic oxidation sites excluding steroid dienone is 2.